The maximum atomic E-state index is 13.0. The molecule has 2 heterocycles. The summed E-state index contributed by atoms with van der Waals surface area (Å²) in [5, 5.41) is 0.965. The van der Waals surface area contributed by atoms with Gasteiger partial charge in [0.25, 0.3) is 5.91 Å². The number of para-hydroxylation sites is 1. The molecule has 3 aromatic rings. The summed E-state index contributed by atoms with van der Waals surface area (Å²) in [5.41, 5.74) is 1.47. The third kappa shape index (κ3) is 4.00. The number of carbonyl (C=O) groups excluding carboxylic acids is 1. The number of rotatable bonds is 6. The Morgan fingerprint density at radius 1 is 1.07 bits per heavy atom. The van der Waals surface area contributed by atoms with E-state index in [1.807, 2.05) is 24.0 Å². The average Bonchev–Trinajstić information content (AvgIpc) is 3.24. The number of methoxy groups -OCH3 is 2. The molecule has 158 valence electrons. The van der Waals surface area contributed by atoms with Gasteiger partial charge in [0.1, 0.15) is 22.8 Å². The standard InChI is InChI=1S/C22H25N3O4S/c1-4-29-18-6-5-7-19-20(18)23-22(30-19)25-10-8-24(9-11-25)21(26)15-12-16(27-2)14-17(13-15)28-3/h5-7,12-14H,4,8-11H2,1-3H3. The van der Waals surface area contributed by atoms with Gasteiger partial charge in [0.2, 0.25) is 0 Å². The molecule has 4 rings (SSSR count). The Morgan fingerprint density at radius 3 is 2.40 bits per heavy atom. The molecule has 0 radical (unpaired) electrons. The fourth-order valence-electron chi connectivity index (χ4n) is 3.53. The number of nitrogens with zero attached hydrogens (tertiary/aromatic N) is 3. The molecule has 0 spiro atoms. The van der Waals surface area contributed by atoms with Crippen molar-refractivity contribution in [2.75, 3.05) is 51.9 Å². The summed E-state index contributed by atoms with van der Waals surface area (Å²) in [4.78, 5) is 21.9. The summed E-state index contributed by atoms with van der Waals surface area (Å²) in [6.07, 6.45) is 0. The lowest BCUT2D eigenvalue weighted by molar-refractivity contribution is 0.0746. The zero-order valence-corrected chi connectivity index (χ0v) is 18.2. The van der Waals surface area contributed by atoms with Gasteiger partial charge in [-0.05, 0) is 31.2 Å². The van der Waals surface area contributed by atoms with Crippen LogP contribution < -0.4 is 19.1 Å². The van der Waals surface area contributed by atoms with Gasteiger partial charge in [0.05, 0.1) is 25.5 Å². The second-order valence-corrected chi connectivity index (χ2v) is 7.92. The van der Waals surface area contributed by atoms with E-state index in [1.54, 1.807) is 43.8 Å². The Balaban J connectivity index is 1.47. The van der Waals surface area contributed by atoms with E-state index < -0.39 is 0 Å². The predicted octanol–water partition coefficient (Wildman–Crippen LogP) is 3.67. The van der Waals surface area contributed by atoms with Crippen LogP contribution in [0.1, 0.15) is 17.3 Å². The first-order valence-corrected chi connectivity index (χ1v) is 10.7. The van der Waals surface area contributed by atoms with Crippen molar-refractivity contribution in [1.82, 2.24) is 9.88 Å². The fourth-order valence-corrected chi connectivity index (χ4v) is 4.57. The normalized spacial score (nSPS) is 14.1. The van der Waals surface area contributed by atoms with Crippen molar-refractivity contribution in [1.29, 1.82) is 0 Å². The first kappa shape index (κ1) is 20.3. The number of fused-ring (bicyclic) bond motifs is 1. The fraction of sp³-hybridized carbons (Fsp3) is 0.364. The van der Waals surface area contributed by atoms with E-state index in [0.29, 0.717) is 36.8 Å². The number of hydrogen-bond acceptors (Lipinski definition) is 7. The van der Waals surface area contributed by atoms with Crippen LogP contribution in [0, 0.1) is 0 Å². The van der Waals surface area contributed by atoms with Crippen molar-refractivity contribution in [2.45, 2.75) is 6.92 Å². The van der Waals surface area contributed by atoms with Gasteiger partial charge in [-0.15, -0.1) is 0 Å². The van der Waals surface area contributed by atoms with Crippen LogP contribution in [0.25, 0.3) is 10.2 Å². The van der Waals surface area contributed by atoms with Crippen LogP contribution in [0.15, 0.2) is 36.4 Å². The summed E-state index contributed by atoms with van der Waals surface area (Å²) in [6.45, 7) is 5.31. The van der Waals surface area contributed by atoms with Gasteiger partial charge in [0, 0.05) is 37.8 Å². The van der Waals surface area contributed by atoms with Gasteiger partial charge >= 0.3 is 0 Å². The quantitative estimate of drug-likeness (QED) is 0.598. The lowest BCUT2D eigenvalue weighted by Gasteiger charge is -2.34. The van der Waals surface area contributed by atoms with Crippen molar-refractivity contribution >= 4 is 32.6 Å². The Kier molecular flexibility index (Phi) is 5.94. The molecule has 0 N–H and O–H groups in total. The Labute approximate surface area is 179 Å². The predicted molar refractivity (Wildman–Crippen MR) is 118 cm³/mol. The highest BCUT2D eigenvalue weighted by atomic mass is 32.1. The molecule has 1 aliphatic heterocycles. The van der Waals surface area contributed by atoms with E-state index in [-0.39, 0.29) is 5.91 Å². The maximum absolute atomic E-state index is 13.0. The van der Waals surface area contributed by atoms with Gasteiger partial charge in [-0.25, -0.2) is 4.98 Å². The molecule has 30 heavy (non-hydrogen) atoms. The van der Waals surface area contributed by atoms with Gasteiger partial charge in [-0.1, -0.05) is 17.4 Å². The van der Waals surface area contributed by atoms with Crippen LogP contribution in [0.5, 0.6) is 17.2 Å². The molecule has 0 atom stereocenters. The number of carbonyl (C=O) groups is 1. The smallest absolute Gasteiger partial charge is 0.254 e. The molecule has 7 nitrogen and oxygen atoms in total. The number of anilines is 1. The third-order valence-corrected chi connectivity index (χ3v) is 6.19. The third-order valence-electron chi connectivity index (χ3n) is 5.11. The summed E-state index contributed by atoms with van der Waals surface area (Å²) < 4.78 is 17.4. The molecule has 1 aromatic heterocycles. The van der Waals surface area contributed by atoms with Crippen molar-refractivity contribution in [3.8, 4) is 17.2 Å². The van der Waals surface area contributed by atoms with E-state index in [4.69, 9.17) is 19.2 Å². The second kappa shape index (κ2) is 8.79. The van der Waals surface area contributed by atoms with Crippen LogP contribution in [0.3, 0.4) is 0 Å². The minimum absolute atomic E-state index is 0.0187. The lowest BCUT2D eigenvalue weighted by Crippen LogP contribution is -2.48. The zero-order valence-electron chi connectivity index (χ0n) is 17.4. The number of amides is 1. The van der Waals surface area contributed by atoms with Crippen LogP contribution in [0.4, 0.5) is 5.13 Å². The molecule has 1 saturated heterocycles. The zero-order chi connectivity index (χ0) is 21.1. The van der Waals surface area contributed by atoms with Crippen LogP contribution >= 0.6 is 11.3 Å². The van der Waals surface area contributed by atoms with Crippen molar-refractivity contribution < 1.29 is 19.0 Å². The number of ether oxygens (including phenoxy) is 3. The molecule has 1 amide bonds. The molecule has 0 saturated carbocycles. The van der Waals surface area contributed by atoms with Gasteiger partial charge < -0.3 is 24.0 Å². The van der Waals surface area contributed by atoms with Crippen LogP contribution in [0.2, 0.25) is 0 Å². The summed E-state index contributed by atoms with van der Waals surface area (Å²) >= 11 is 1.66. The molecule has 1 fully saturated rings. The Morgan fingerprint density at radius 2 is 1.77 bits per heavy atom. The molecule has 2 aromatic carbocycles. The highest BCUT2D eigenvalue weighted by Gasteiger charge is 2.25. The number of hydrogen-bond donors (Lipinski definition) is 0. The lowest BCUT2D eigenvalue weighted by atomic mass is 10.1. The molecule has 0 aliphatic carbocycles. The summed E-state index contributed by atoms with van der Waals surface area (Å²) in [7, 11) is 3.16. The minimum atomic E-state index is -0.0187. The maximum Gasteiger partial charge on any atom is 0.254 e. The first-order chi connectivity index (χ1) is 14.6. The topological polar surface area (TPSA) is 64.1 Å². The number of piperazine rings is 1. The molecular weight excluding hydrogens is 402 g/mol. The summed E-state index contributed by atoms with van der Waals surface area (Å²) in [6, 6.07) is 11.3. The molecule has 0 unspecified atom stereocenters. The van der Waals surface area contributed by atoms with E-state index in [2.05, 4.69) is 11.0 Å². The highest BCUT2D eigenvalue weighted by molar-refractivity contribution is 7.22. The Hall–Kier alpha value is -3.00. The highest BCUT2D eigenvalue weighted by Crippen LogP contribution is 2.34. The van der Waals surface area contributed by atoms with Crippen molar-refractivity contribution in [2.24, 2.45) is 0 Å². The van der Waals surface area contributed by atoms with E-state index in [9.17, 15) is 4.79 Å². The minimum Gasteiger partial charge on any atom is -0.497 e. The average molecular weight is 428 g/mol. The first-order valence-electron chi connectivity index (χ1n) is 9.92. The Bertz CT molecular complexity index is 1020. The SMILES string of the molecule is CCOc1cccc2sc(N3CCN(C(=O)c4cc(OC)cc(OC)c4)CC3)nc12. The van der Waals surface area contributed by atoms with Crippen molar-refractivity contribution in [3.05, 3.63) is 42.0 Å². The molecule has 0 bridgehead atoms. The molecule has 1 aliphatic rings. The number of benzene rings is 2. The monoisotopic (exact) mass is 427 g/mol. The van der Waals surface area contributed by atoms with Gasteiger partial charge in [-0.3, -0.25) is 4.79 Å². The second-order valence-electron chi connectivity index (χ2n) is 6.91. The molecule has 8 heteroatoms. The summed E-state index contributed by atoms with van der Waals surface area (Å²) in [5.74, 6) is 2.01. The van der Waals surface area contributed by atoms with Crippen molar-refractivity contribution in [3.63, 3.8) is 0 Å². The van der Waals surface area contributed by atoms with Gasteiger partial charge in [-0.2, -0.15) is 0 Å². The number of thiazole rings is 1. The largest absolute Gasteiger partial charge is 0.497 e. The van der Waals surface area contributed by atoms with Crippen LogP contribution in [-0.2, 0) is 0 Å². The van der Waals surface area contributed by atoms with Gasteiger partial charge in [0.15, 0.2) is 5.13 Å². The van der Waals surface area contributed by atoms with Crippen LogP contribution in [-0.4, -0.2) is 62.8 Å². The van der Waals surface area contributed by atoms with E-state index in [0.717, 1.165) is 34.2 Å². The van der Waals surface area contributed by atoms with E-state index >= 15 is 0 Å². The number of aromatic nitrogens is 1. The molecular formula is C22H25N3O4S. The van der Waals surface area contributed by atoms with E-state index in [1.165, 1.54) is 0 Å².